The number of anilines is 1. The minimum atomic E-state index is -0.0348. The molecule has 2 aromatic carbocycles. The molecule has 0 bridgehead atoms. The highest BCUT2D eigenvalue weighted by Crippen LogP contribution is 2.33. The second-order valence-electron chi connectivity index (χ2n) is 7.25. The molecule has 0 aliphatic carbocycles. The largest absolute Gasteiger partial charge is 0.508 e. The first kappa shape index (κ1) is 23.3. The van der Waals surface area contributed by atoms with Crippen LogP contribution in [-0.4, -0.2) is 45.6 Å². The first-order chi connectivity index (χ1) is 14.2. The van der Waals surface area contributed by atoms with E-state index in [1.54, 1.807) is 13.2 Å². The number of hydrogen-bond acceptors (Lipinski definition) is 6. The van der Waals surface area contributed by atoms with Gasteiger partial charge in [0.15, 0.2) is 5.82 Å². The summed E-state index contributed by atoms with van der Waals surface area (Å²) in [4.78, 5) is 6.22. The van der Waals surface area contributed by atoms with Gasteiger partial charge in [0.05, 0.1) is 18.4 Å². The maximum atomic E-state index is 9.71. The van der Waals surface area contributed by atoms with E-state index in [1.165, 1.54) is 11.6 Å². The number of H-pyrrole nitrogens is 2. The first-order valence-electron chi connectivity index (χ1n) is 9.75. The zero-order chi connectivity index (χ0) is 22.4. The van der Waals surface area contributed by atoms with E-state index in [1.807, 2.05) is 13.0 Å². The van der Waals surface area contributed by atoms with E-state index in [-0.39, 0.29) is 11.5 Å². The third kappa shape index (κ3) is 5.54. The molecule has 0 aliphatic rings. The average molecular weight is 431 g/mol. The molecule has 0 fully saturated rings. The number of benzene rings is 2. The number of phenolic OH excluding ortho intramolecular Hbond substituents is 2. The second-order valence-corrected chi connectivity index (χ2v) is 7.63. The predicted molar refractivity (Wildman–Crippen MR) is 123 cm³/mol. The monoisotopic (exact) mass is 430 g/mol. The lowest BCUT2D eigenvalue weighted by Crippen LogP contribution is -2.26. The molecule has 0 saturated carbocycles. The molecule has 0 unspecified atom stereocenters. The Morgan fingerprint density at radius 1 is 1.13 bits per heavy atom. The fraction of sp³-hybridized carbons (Fsp3) is 0.364. The van der Waals surface area contributed by atoms with Crippen LogP contribution in [-0.2, 0) is 6.42 Å². The highest BCUT2D eigenvalue weighted by atomic mass is 32.1. The first-order valence-corrected chi connectivity index (χ1v) is 10.2. The number of hydrogen-bond donors (Lipinski definition) is 4. The third-order valence-electron chi connectivity index (χ3n) is 4.82. The van der Waals surface area contributed by atoms with Crippen LogP contribution >= 0.6 is 12.2 Å². The van der Waals surface area contributed by atoms with E-state index >= 15 is 0 Å². The van der Waals surface area contributed by atoms with Gasteiger partial charge in [-0.15, -0.1) is 0 Å². The van der Waals surface area contributed by atoms with Crippen molar-refractivity contribution >= 4 is 17.9 Å². The van der Waals surface area contributed by atoms with E-state index in [9.17, 15) is 10.2 Å². The van der Waals surface area contributed by atoms with E-state index in [4.69, 9.17) is 17.0 Å². The molecule has 4 N–H and O–H groups in total. The van der Waals surface area contributed by atoms with Gasteiger partial charge in [0.1, 0.15) is 17.2 Å². The van der Waals surface area contributed by atoms with Crippen LogP contribution in [0.1, 0.15) is 31.9 Å². The van der Waals surface area contributed by atoms with Gasteiger partial charge in [-0.2, -0.15) is 4.98 Å². The number of phenols is 2. The number of nitrogens with one attached hydrogen (secondary N) is 2. The van der Waals surface area contributed by atoms with E-state index in [0.717, 1.165) is 17.0 Å². The highest BCUT2D eigenvalue weighted by molar-refractivity contribution is 7.71. The molecule has 1 aromatic heterocycles. The van der Waals surface area contributed by atoms with Gasteiger partial charge in [0, 0.05) is 19.2 Å². The summed E-state index contributed by atoms with van der Waals surface area (Å²) in [6.45, 7) is 8.35. The van der Waals surface area contributed by atoms with Gasteiger partial charge in [-0.3, -0.25) is 10.2 Å². The summed E-state index contributed by atoms with van der Waals surface area (Å²) in [5.41, 5.74) is 3.67. The molecular weight excluding hydrogens is 400 g/mol. The smallest absolute Gasteiger partial charge is 0.213 e. The molecule has 0 saturated heterocycles. The summed E-state index contributed by atoms with van der Waals surface area (Å²) in [6.07, 6.45) is 0.671. The van der Waals surface area contributed by atoms with Crippen LogP contribution in [0.2, 0.25) is 0 Å². The molecule has 0 aliphatic heterocycles. The maximum Gasteiger partial charge on any atom is 0.213 e. The van der Waals surface area contributed by atoms with Gasteiger partial charge < -0.3 is 19.8 Å². The Morgan fingerprint density at radius 3 is 2.37 bits per heavy atom. The van der Waals surface area contributed by atoms with Crippen molar-refractivity contribution in [1.29, 1.82) is 0 Å². The lowest BCUT2D eigenvalue weighted by atomic mass is 10.1. The molecule has 8 heteroatoms. The minimum Gasteiger partial charge on any atom is -0.508 e. The fourth-order valence-corrected chi connectivity index (χ4v) is 2.99. The molecule has 0 radical (unpaired) electrons. The van der Waals surface area contributed by atoms with Gasteiger partial charge in [0.25, 0.3) is 0 Å². The molecule has 0 amide bonds. The molecule has 0 spiro atoms. The summed E-state index contributed by atoms with van der Waals surface area (Å²) in [7, 11) is 3.80. The van der Waals surface area contributed by atoms with Crippen molar-refractivity contribution in [2.75, 3.05) is 19.1 Å². The predicted octanol–water partition coefficient (Wildman–Crippen LogP) is 4.96. The lowest BCUT2D eigenvalue weighted by molar-refractivity contribution is 0.414. The second kappa shape index (κ2) is 10.2. The number of rotatable bonds is 5. The fourth-order valence-electron chi connectivity index (χ4n) is 2.85. The van der Waals surface area contributed by atoms with Crippen molar-refractivity contribution in [3.05, 3.63) is 46.2 Å². The van der Waals surface area contributed by atoms with Gasteiger partial charge in [-0.1, -0.05) is 13.0 Å². The van der Waals surface area contributed by atoms with Crippen LogP contribution in [0, 0.1) is 11.7 Å². The molecule has 30 heavy (non-hydrogen) atoms. The molecule has 0 atom stereocenters. The number of aromatic nitrogens is 3. The quantitative estimate of drug-likeness (QED) is 0.427. The zero-order valence-electron chi connectivity index (χ0n) is 18.3. The third-order valence-corrected chi connectivity index (χ3v) is 5.02. The van der Waals surface area contributed by atoms with Crippen molar-refractivity contribution < 1.29 is 14.9 Å². The van der Waals surface area contributed by atoms with Gasteiger partial charge in [-0.25, -0.2) is 0 Å². The SMILES string of the molecule is CCc1cc(-c2nc(=S)[nH][nH]2)c(O)cc1O.COc1ccc(C)cc1N(C)C(C)C. The van der Waals surface area contributed by atoms with Crippen molar-refractivity contribution in [1.82, 2.24) is 15.2 Å². The Morgan fingerprint density at radius 2 is 1.83 bits per heavy atom. The molecule has 3 aromatic rings. The molecule has 1 heterocycles. The summed E-state index contributed by atoms with van der Waals surface area (Å²) < 4.78 is 5.65. The number of aryl methyl sites for hydroxylation is 2. The topological polar surface area (TPSA) is 97.4 Å². The molecule has 7 nitrogen and oxygen atoms in total. The normalized spacial score (nSPS) is 10.5. The number of ether oxygens (including phenoxy) is 1. The summed E-state index contributed by atoms with van der Waals surface area (Å²) >= 11 is 4.83. The molecule has 162 valence electrons. The Labute approximate surface area is 182 Å². The van der Waals surface area contributed by atoms with Gasteiger partial charge >= 0.3 is 0 Å². The Balaban J connectivity index is 0.000000216. The summed E-state index contributed by atoms with van der Waals surface area (Å²) in [6, 6.07) is 9.70. The number of nitrogens with zero attached hydrogens (tertiary/aromatic N) is 2. The van der Waals surface area contributed by atoms with E-state index in [2.05, 4.69) is 60.0 Å². The zero-order valence-corrected chi connectivity index (χ0v) is 19.1. The van der Waals surface area contributed by atoms with Crippen LogP contribution < -0.4 is 9.64 Å². The van der Waals surface area contributed by atoms with Crippen LogP contribution in [0.5, 0.6) is 17.2 Å². The van der Waals surface area contributed by atoms with Crippen LogP contribution in [0.3, 0.4) is 0 Å². The van der Waals surface area contributed by atoms with E-state index in [0.29, 0.717) is 28.6 Å². The van der Waals surface area contributed by atoms with Crippen molar-refractivity contribution in [2.24, 2.45) is 0 Å². The highest BCUT2D eigenvalue weighted by Gasteiger charge is 2.12. The van der Waals surface area contributed by atoms with Crippen LogP contribution in [0.15, 0.2) is 30.3 Å². The van der Waals surface area contributed by atoms with Gasteiger partial charge in [-0.05, 0) is 68.7 Å². The van der Waals surface area contributed by atoms with Gasteiger partial charge in [0.2, 0.25) is 4.77 Å². The maximum absolute atomic E-state index is 9.71. The van der Waals surface area contributed by atoms with Crippen molar-refractivity contribution in [3.8, 4) is 28.6 Å². The summed E-state index contributed by atoms with van der Waals surface area (Å²) in [5.74, 6) is 1.44. The lowest BCUT2D eigenvalue weighted by Gasteiger charge is -2.26. The molecule has 3 rings (SSSR count). The number of aromatic amines is 2. The standard InChI is InChI=1S/C12H19NO.C10H11N3O2S/c1-9(2)13(4)11-8-10(3)6-7-12(11)14-5;1-2-5-3-6(8(15)4-7(5)14)9-11-10(16)13-12-9/h6-9H,1-5H3;3-4,14-15H,2H2,1H3,(H2,11,12,13,16). The number of aromatic hydroxyl groups is 2. The van der Waals surface area contributed by atoms with Crippen LogP contribution in [0.25, 0.3) is 11.4 Å². The van der Waals surface area contributed by atoms with Crippen molar-refractivity contribution in [2.45, 2.75) is 40.2 Å². The Kier molecular flexibility index (Phi) is 7.88. The number of methoxy groups -OCH3 is 1. The summed E-state index contributed by atoms with van der Waals surface area (Å²) in [5, 5.41) is 24.7. The Bertz CT molecular complexity index is 1040. The molecular formula is C22H30N4O3S. The van der Waals surface area contributed by atoms with Crippen LogP contribution in [0.4, 0.5) is 5.69 Å². The van der Waals surface area contributed by atoms with E-state index < -0.39 is 0 Å². The Hall–Kier alpha value is -3.00. The van der Waals surface area contributed by atoms with Crippen molar-refractivity contribution in [3.63, 3.8) is 0 Å². The average Bonchev–Trinajstić information content (AvgIpc) is 3.14. The minimum absolute atomic E-state index is 0.0348.